The number of nitrogens with one attached hydrogen (secondary N) is 2. The molecule has 0 radical (unpaired) electrons. The summed E-state index contributed by atoms with van der Waals surface area (Å²) in [6.07, 6.45) is 4.57. The molecule has 21 heavy (non-hydrogen) atoms. The maximum absolute atomic E-state index is 11.9. The van der Waals surface area contributed by atoms with Crippen LogP contribution in [0.3, 0.4) is 0 Å². The molecule has 0 unspecified atom stereocenters. The summed E-state index contributed by atoms with van der Waals surface area (Å²) in [4.78, 5) is 22.2. The smallest absolute Gasteiger partial charge is 0.271 e. The largest absolute Gasteiger partial charge is 0.495 e. The molecule has 1 aliphatic carbocycles. The first-order chi connectivity index (χ1) is 10.1. The average molecular weight is 293 g/mol. The quantitative estimate of drug-likeness (QED) is 0.618. The molecule has 1 aromatic carbocycles. The predicted octanol–water partition coefficient (Wildman–Crippen LogP) is 2.07. The van der Waals surface area contributed by atoms with Crippen LogP contribution in [-0.4, -0.2) is 30.5 Å². The molecular formula is C14H19N3O4. The van der Waals surface area contributed by atoms with Gasteiger partial charge in [0.15, 0.2) is 0 Å². The average Bonchev–Trinajstić information content (AvgIpc) is 2.98. The van der Waals surface area contributed by atoms with Gasteiger partial charge in [-0.2, -0.15) is 0 Å². The van der Waals surface area contributed by atoms with Crippen LogP contribution in [0.15, 0.2) is 18.2 Å². The number of amides is 1. The van der Waals surface area contributed by atoms with E-state index in [0.29, 0.717) is 17.5 Å². The number of non-ortho nitro benzene ring substituents is 1. The van der Waals surface area contributed by atoms with Gasteiger partial charge in [-0.25, -0.2) is 0 Å². The topological polar surface area (TPSA) is 93.5 Å². The number of hydrogen-bond acceptors (Lipinski definition) is 5. The number of nitro benzene ring substituents is 1. The second-order valence-corrected chi connectivity index (χ2v) is 5.05. The van der Waals surface area contributed by atoms with Gasteiger partial charge in [0.2, 0.25) is 5.91 Å². The summed E-state index contributed by atoms with van der Waals surface area (Å²) in [6, 6.07) is 4.50. The van der Waals surface area contributed by atoms with Crippen LogP contribution in [0.5, 0.6) is 5.75 Å². The molecule has 0 atom stereocenters. The van der Waals surface area contributed by atoms with Crippen molar-refractivity contribution in [3.05, 3.63) is 28.3 Å². The Morgan fingerprint density at radius 3 is 2.76 bits per heavy atom. The summed E-state index contributed by atoms with van der Waals surface area (Å²) < 4.78 is 5.10. The first kappa shape index (κ1) is 15.2. The number of rotatable bonds is 6. The van der Waals surface area contributed by atoms with Gasteiger partial charge in [0.25, 0.3) is 5.69 Å². The molecule has 7 heteroatoms. The van der Waals surface area contributed by atoms with E-state index < -0.39 is 4.92 Å². The third kappa shape index (κ3) is 4.16. The minimum atomic E-state index is -0.508. The standard InChI is InChI=1S/C14H19N3O4/c1-21-13-7-6-11(17(19)20)8-12(13)16-14(18)9-15-10-4-2-3-5-10/h6-8,10,15H,2-5,9H2,1H3,(H,16,18). The summed E-state index contributed by atoms with van der Waals surface area (Å²) in [6.45, 7) is 0.191. The molecule has 1 aliphatic rings. The molecule has 2 N–H and O–H groups in total. The van der Waals surface area contributed by atoms with Gasteiger partial charge in [-0.05, 0) is 18.9 Å². The SMILES string of the molecule is COc1ccc([N+](=O)[O-])cc1NC(=O)CNC1CCCC1. The van der Waals surface area contributed by atoms with Crippen molar-refractivity contribution in [1.29, 1.82) is 0 Å². The van der Waals surface area contributed by atoms with E-state index in [1.165, 1.54) is 38.2 Å². The lowest BCUT2D eigenvalue weighted by molar-refractivity contribution is -0.384. The fourth-order valence-electron chi connectivity index (χ4n) is 2.47. The summed E-state index contributed by atoms with van der Waals surface area (Å²) in [7, 11) is 1.45. The van der Waals surface area contributed by atoms with Gasteiger partial charge in [0, 0.05) is 18.2 Å². The Hall–Kier alpha value is -2.15. The van der Waals surface area contributed by atoms with Gasteiger partial charge in [0.05, 0.1) is 24.3 Å². The van der Waals surface area contributed by atoms with Crippen LogP contribution in [0.1, 0.15) is 25.7 Å². The van der Waals surface area contributed by atoms with Crippen LogP contribution in [0.2, 0.25) is 0 Å². The zero-order valence-electron chi connectivity index (χ0n) is 11.9. The number of nitrogens with zero attached hydrogens (tertiary/aromatic N) is 1. The van der Waals surface area contributed by atoms with Crippen molar-refractivity contribution >= 4 is 17.3 Å². The first-order valence-corrected chi connectivity index (χ1v) is 6.96. The van der Waals surface area contributed by atoms with E-state index in [4.69, 9.17) is 4.74 Å². The van der Waals surface area contributed by atoms with E-state index in [0.717, 1.165) is 12.8 Å². The molecule has 0 saturated heterocycles. The zero-order chi connectivity index (χ0) is 15.2. The number of benzene rings is 1. The summed E-state index contributed by atoms with van der Waals surface area (Å²) in [5, 5.41) is 16.6. The highest BCUT2D eigenvalue weighted by molar-refractivity contribution is 5.94. The molecule has 114 valence electrons. The predicted molar refractivity (Wildman–Crippen MR) is 78.5 cm³/mol. The summed E-state index contributed by atoms with van der Waals surface area (Å²) in [5.41, 5.74) is 0.222. The molecule has 0 aliphatic heterocycles. The zero-order valence-corrected chi connectivity index (χ0v) is 11.9. The van der Waals surface area contributed by atoms with Crippen molar-refractivity contribution in [3.63, 3.8) is 0 Å². The molecule has 1 amide bonds. The molecule has 7 nitrogen and oxygen atoms in total. The van der Waals surface area contributed by atoms with Crippen molar-refractivity contribution in [3.8, 4) is 5.75 Å². The van der Waals surface area contributed by atoms with E-state index >= 15 is 0 Å². The highest BCUT2D eigenvalue weighted by Crippen LogP contribution is 2.28. The Morgan fingerprint density at radius 1 is 1.43 bits per heavy atom. The number of carbonyl (C=O) groups is 1. The molecule has 1 fully saturated rings. The van der Waals surface area contributed by atoms with Crippen LogP contribution in [0.25, 0.3) is 0 Å². The molecule has 0 spiro atoms. The second kappa shape index (κ2) is 7.03. The van der Waals surface area contributed by atoms with Gasteiger partial charge < -0.3 is 15.4 Å². The van der Waals surface area contributed by atoms with Gasteiger partial charge in [-0.3, -0.25) is 14.9 Å². The maximum atomic E-state index is 11.9. The lowest BCUT2D eigenvalue weighted by Gasteiger charge is -2.13. The van der Waals surface area contributed by atoms with Gasteiger partial charge >= 0.3 is 0 Å². The normalized spacial score (nSPS) is 14.9. The van der Waals surface area contributed by atoms with Crippen LogP contribution < -0.4 is 15.4 Å². The molecule has 0 bridgehead atoms. The fraction of sp³-hybridized carbons (Fsp3) is 0.500. The highest BCUT2D eigenvalue weighted by atomic mass is 16.6. The third-order valence-electron chi connectivity index (χ3n) is 3.57. The molecule has 2 rings (SSSR count). The number of ether oxygens (including phenoxy) is 1. The minimum absolute atomic E-state index is 0.0881. The van der Waals surface area contributed by atoms with Crippen LogP contribution in [-0.2, 0) is 4.79 Å². The van der Waals surface area contributed by atoms with Crippen LogP contribution >= 0.6 is 0 Å². The lowest BCUT2D eigenvalue weighted by Crippen LogP contribution is -2.34. The van der Waals surface area contributed by atoms with Crippen molar-refractivity contribution in [2.75, 3.05) is 19.0 Å². The highest BCUT2D eigenvalue weighted by Gasteiger charge is 2.17. The maximum Gasteiger partial charge on any atom is 0.271 e. The number of carbonyl (C=O) groups excluding carboxylic acids is 1. The Labute approximate surface area is 122 Å². The molecule has 1 saturated carbocycles. The molecule has 1 aromatic rings. The van der Waals surface area contributed by atoms with Crippen molar-refractivity contribution < 1.29 is 14.5 Å². The van der Waals surface area contributed by atoms with E-state index in [9.17, 15) is 14.9 Å². The van der Waals surface area contributed by atoms with Gasteiger partial charge in [-0.1, -0.05) is 12.8 Å². The first-order valence-electron chi connectivity index (χ1n) is 6.96. The third-order valence-corrected chi connectivity index (χ3v) is 3.57. The fourth-order valence-corrected chi connectivity index (χ4v) is 2.47. The van der Waals surface area contributed by atoms with E-state index in [1.807, 2.05) is 0 Å². The van der Waals surface area contributed by atoms with Crippen molar-refractivity contribution in [2.45, 2.75) is 31.7 Å². The van der Waals surface area contributed by atoms with E-state index in [2.05, 4.69) is 10.6 Å². The van der Waals surface area contributed by atoms with Crippen molar-refractivity contribution in [2.24, 2.45) is 0 Å². The van der Waals surface area contributed by atoms with E-state index in [-0.39, 0.29) is 18.1 Å². The van der Waals surface area contributed by atoms with Crippen LogP contribution in [0, 0.1) is 10.1 Å². The molecular weight excluding hydrogens is 274 g/mol. The summed E-state index contributed by atoms with van der Waals surface area (Å²) in [5.74, 6) is 0.163. The van der Waals surface area contributed by atoms with Crippen LogP contribution in [0.4, 0.5) is 11.4 Å². The number of nitro groups is 1. The molecule has 0 aromatic heterocycles. The Morgan fingerprint density at radius 2 is 2.14 bits per heavy atom. The monoisotopic (exact) mass is 293 g/mol. The Kier molecular flexibility index (Phi) is 5.10. The minimum Gasteiger partial charge on any atom is -0.495 e. The molecule has 0 heterocycles. The summed E-state index contributed by atoms with van der Waals surface area (Å²) >= 11 is 0. The van der Waals surface area contributed by atoms with Gasteiger partial charge in [-0.15, -0.1) is 0 Å². The number of hydrogen-bond donors (Lipinski definition) is 2. The van der Waals surface area contributed by atoms with Gasteiger partial charge in [0.1, 0.15) is 5.75 Å². The van der Waals surface area contributed by atoms with Crippen molar-refractivity contribution in [1.82, 2.24) is 5.32 Å². The Balaban J connectivity index is 1.97. The second-order valence-electron chi connectivity index (χ2n) is 5.05. The Bertz CT molecular complexity index is 527. The number of anilines is 1. The number of methoxy groups -OCH3 is 1. The van der Waals surface area contributed by atoms with E-state index in [1.54, 1.807) is 0 Å². The lowest BCUT2D eigenvalue weighted by atomic mass is 10.2.